The highest BCUT2D eigenvalue weighted by Crippen LogP contribution is 2.58. The van der Waals surface area contributed by atoms with Crippen molar-refractivity contribution in [3.05, 3.63) is 48.7 Å². The van der Waals surface area contributed by atoms with Gasteiger partial charge in [0.15, 0.2) is 0 Å². The molecule has 0 heterocycles. The van der Waals surface area contributed by atoms with Crippen molar-refractivity contribution in [3.63, 3.8) is 0 Å². The molecule has 37 heavy (non-hydrogen) atoms. The summed E-state index contributed by atoms with van der Waals surface area (Å²) in [7, 11) is 0. The standard InChI is InChI=1S/C30H47N3O4/c1-7-11-12-13-19-31-26(35)30(17-14-18-30)27(36)33-24(20-28(5)21-29(28,6)37)25(34)32-23(10-4)16-15-22(8-2)9-3/h8,10,15-16,24,37H,2,4,7,9,11-14,17-21H2,1,3,5-6H3,(H,31,35)(H,32,34)(H,33,36)/b22-15+,23-16+/t24-,28?,29?/m0/s1. The molecule has 0 aromatic carbocycles. The molecule has 7 heteroatoms. The van der Waals surface area contributed by atoms with Crippen LogP contribution in [0.3, 0.4) is 0 Å². The van der Waals surface area contributed by atoms with E-state index in [0.29, 0.717) is 31.5 Å². The Hall–Kier alpha value is -2.67. The minimum Gasteiger partial charge on any atom is -0.390 e. The number of aliphatic hydroxyl groups is 1. The van der Waals surface area contributed by atoms with Gasteiger partial charge < -0.3 is 21.1 Å². The van der Waals surface area contributed by atoms with Crippen molar-refractivity contribution in [2.75, 3.05) is 6.54 Å². The van der Waals surface area contributed by atoms with E-state index in [1.54, 1.807) is 19.1 Å². The Morgan fingerprint density at radius 2 is 1.68 bits per heavy atom. The number of carbonyl (C=O) groups excluding carboxylic acids is 3. The molecule has 2 saturated carbocycles. The van der Waals surface area contributed by atoms with Crippen LogP contribution in [0, 0.1) is 10.8 Å². The Labute approximate surface area is 222 Å². The summed E-state index contributed by atoms with van der Waals surface area (Å²) in [6.07, 6.45) is 14.4. The molecule has 0 bridgehead atoms. The lowest BCUT2D eigenvalue weighted by atomic mass is 9.67. The summed E-state index contributed by atoms with van der Waals surface area (Å²) in [5.74, 6) is -1.08. The van der Waals surface area contributed by atoms with Gasteiger partial charge in [0.05, 0.1) is 5.60 Å². The first-order valence-corrected chi connectivity index (χ1v) is 13.8. The first-order chi connectivity index (χ1) is 17.5. The molecule has 206 valence electrons. The topological polar surface area (TPSA) is 108 Å². The average Bonchev–Trinajstić information content (AvgIpc) is 3.33. The third-order valence-electron chi connectivity index (χ3n) is 8.21. The second kappa shape index (κ2) is 13.2. The summed E-state index contributed by atoms with van der Waals surface area (Å²) < 4.78 is 0. The summed E-state index contributed by atoms with van der Waals surface area (Å²) >= 11 is 0. The van der Waals surface area contributed by atoms with E-state index in [2.05, 4.69) is 36.0 Å². The molecule has 3 amide bonds. The predicted octanol–water partition coefficient (Wildman–Crippen LogP) is 4.60. The van der Waals surface area contributed by atoms with Crippen LogP contribution in [-0.4, -0.2) is 41.0 Å². The van der Waals surface area contributed by atoms with Crippen molar-refractivity contribution >= 4 is 17.7 Å². The maximum Gasteiger partial charge on any atom is 0.246 e. The van der Waals surface area contributed by atoms with E-state index >= 15 is 0 Å². The van der Waals surface area contributed by atoms with Gasteiger partial charge in [-0.2, -0.15) is 0 Å². The van der Waals surface area contributed by atoms with Crippen LogP contribution in [0.15, 0.2) is 48.7 Å². The van der Waals surface area contributed by atoms with Crippen LogP contribution in [0.1, 0.15) is 91.9 Å². The Morgan fingerprint density at radius 1 is 1.00 bits per heavy atom. The Kier molecular flexibility index (Phi) is 10.9. The van der Waals surface area contributed by atoms with E-state index in [1.165, 1.54) is 6.08 Å². The SMILES string of the molecule is C=C/C(=C\C=C(/C=C)NC(=O)[C@H](CC1(C)CC1(C)O)NC(=O)C1(C(=O)NCCCCCC)CCC1)CC. The number of hydrogen-bond acceptors (Lipinski definition) is 4. The van der Waals surface area contributed by atoms with Crippen LogP contribution >= 0.6 is 0 Å². The van der Waals surface area contributed by atoms with Crippen molar-refractivity contribution in [2.45, 2.75) is 104 Å². The number of carbonyl (C=O) groups is 3. The molecular formula is C30H47N3O4. The van der Waals surface area contributed by atoms with E-state index in [-0.39, 0.29) is 12.3 Å². The normalized spacial score (nSPS) is 25.3. The van der Waals surface area contributed by atoms with Crippen LogP contribution in [0.5, 0.6) is 0 Å². The molecule has 0 spiro atoms. The zero-order chi connectivity index (χ0) is 27.7. The molecular weight excluding hydrogens is 466 g/mol. The smallest absolute Gasteiger partial charge is 0.246 e. The molecule has 2 aliphatic carbocycles. The van der Waals surface area contributed by atoms with Crippen molar-refractivity contribution in [1.29, 1.82) is 0 Å². The third kappa shape index (κ3) is 7.67. The van der Waals surface area contributed by atoms with Gasteiger partial charge in [-0.15, -0.1) is 0 Å². The largest absolute Gasteiger partial charge is 0.390 e. The third-order valence-corrected chi connectivity index (χ3v) is 8.21. The van der Waals surface area contributed by atoms with Gasteiger partial charge in [0.25, 0.3) is 0 Å². The zero-order valence-electron chi connectivity index (χ0n) is 23.3. The summed E-state index contributed by atoms with van der Waals surface area (Å²) in [4.78, 5) is 39.9. The minimum absolute atomic E-state index is 0.259. The second-order valence-electron chi connectivity index (χ2n) is 11.1. The van der Waals surface area contributed by atoms with Crippen molar-refractivity contribution in [2.24, 2.45) is 10.8 Å². The average molecular weight is 514 g/mol. The summed E-state index contributed by atoms with van der Waals surface area (Å²) in [5.41, 5.74) is -1.05. The molecule has 0 aromatic heterocycles. The zero-order valence-corrected chi connectivity index (χ0v) is 23.3. The molecule has 0 radical (unpaired) electrons. The summed E-state index contributed by atoms with van der Waals surface area (Å²) in [5, 5.41) is 19.2. The van der Waals surface area contributed by atoms with Crippen LogP contribution in [0.2, 0.25) is 0 Å². The molecule has 2 rings (SSSR count). The molecule has 0 aromatic rings. The molecule has 0 saturated heterocycles. The van der Waals surface area contributed by atoms with Gasteiger partial charge in [0.2, 0.25) is 17.7 Å². The van der Waals surface area contributed by atoms with Crippen LogP contribution in [-0.2, 0) is 14.4 Å². The number of amides is 3. The lowest BCUT2D eigenvalue weighted by Crippen LogP contribution is -2.59. The molecule has 3 atom stereocenters. The molecule has 4 N–H and O–H groups in total. The first-order valence-electron chi connectivity index (χ1n) is 13.8. The fraction of sp³-hybridized carbons (Fsp3) is 0.633. The van der Waals surface area contributed by atoms with E-state index in [4.69, 9.17) is 0 Å². The Bertz CT molecular complexity index is 929. The number of allylic oxidation sites excluding steroid dienone is 5. The van der Waals surface area contributed by atoms with E-state index < -0.39 is 34.3 Å². The minimum atomic E-state index is -1.14. The van der Waals surface area contributed by atoms with Crippen LogP contribution < -0.4 is 16.0 Å². The quantitative estimate of drug-likeness (QED) is 0.137. The van der Waals surface area contributed by atoms with E-state index in [9.17, 15) is 19.5 Å². The Balaban J connectivity index is 2.17. The predicted molar refractivity (Wildman–Crippen MR) is 148 cm³/mol. The highest BCUT2D eigenvalue weighted by molar-refractivity contribution is 6.07. The number of rotatable bonds is 16. The maximum atomic E-state index is 13.5. The van der Waals surface area contributed by atoms with Gasteiger partial charge in [0.1, 0.15) is 11.5 Å². The highest BCUT2D eigenvalue weighted by atomic mass is 16.3. The molecule has 7 nitrogen and oxygen atoms in total. The number of unbranched alkanes of at least 4 members (excludes halogenated alkanes) is 3. The number of nitrogens with one attached hydrogen (secondary N) is 3. The summed E-state index contributed by atoms with van der Waals surface area (Å²) in [6.45, 7) is 15.9. The first kappa shape index (κ1) is 30.6. The van der Waals surface area contributed by atoms with Gasteiger partial charge in [-0.1, -0.05) is 71.8 Å². The maximum absolute atomic E-state index is 13.5. The van der Waals surface area contributed by atoms with Gasteiger partial charge in [-0.3, -0.25) is 14.4 Å². The van der Waals surface area contributed by atoms with Gasteiger partial charge >= 0.3 is 0 Å². The second-order valence-corrected chi connectivity index (χ2v) is 11.1. The Morgan fingerprint density at radius 3 is 2.16 bits per heavy atom. The molecule has 2 fully saturated rings. The molecule has 0 aliphatic heterocycles. The van der Waals surface area contributed by atoms with Crippen molar-refractivity contribution in [3.8, 4) is 0 Å². The molecule has 2 aliphatic rings. The molecule has 2 unspecified atom stereocenters. The van der Waals surface area contributed by atoms with E-state index in [1.807, 2.05) is 19.9 Å². The van der Waals surface area contributed by atoms with Crippen molar-refractivity contribution < 1.29 is 19.5 Å². The fourth-order valence-corrected chi connectivity index (χ4v) is 4.89. The lowest BCUT2D eigenvalue weighted by Gasteiger charge is -2.39. The lowest BCUT2D eigenvalue weighted by molar-refractivity contribution is -0.151. The van der Waals surface area contributed by atoms with Gasteiger partial charge in [0, 0.05) is 17.7 Å². The van der Waals surface area contributed by atoms with Gasteiger partial charge in [-0.05, 0) is 63.2 Å². The van der Waals surface area contributed by atoms with Crippen molar-refractivity contribution in [1.82, 2.24) is 16.0 Å². The number of hydrogen-bond donors (Lipinski definition) is 4. The van der Waals surface area contributed by atoms with Crippen LogP contribution in [0.25, 0.3) is 0 Å². The van der Waals surface area contributed by atoms with E-state index in [0.717, 1.165) is 44.1 Å². The highest BCUT2D eigenvalue weighted by Gasteiger charge is 2.61. The van der Waals surface area contributed by atoms with Gasteiger partial charge in [-0.25, -0.2) is 0 Å². The monoisotopic (exact) mass is 513 g/mol. The fourth-order valence-electron chi connectivity index (χ4n) is 4.89. The van der Waals surface area contributed by atoms with Crippen LogP contribution in [0.4, 0.5) is 0 Å². The summed E-state index contributed by atoms with van der Waals surface area (Å²) in [6, 6.07) is -0.904.